The molecule has 0 fully saturated rings. The Balaban J connectivity index is 2.35. The molecule has 2 heterocycles. The number of pyridine rings is 1. The summed E-state index contributed by atoms with van der Waals surface area (Å²) < 4.78 is 1.75. The summed E-state index contributed by atoms with van der Waals surface area (Å²) in [5.74, 6) is -1.65. The van der Waals surface area contributed by atoms with Gasteiger partial charge in [0.05, 0.1) is 11.8 Å². The molecule has 0 aromatic carbocycles. The monoisotopic (exact) mass is 234 g/mol. The van der Waals surface area contributed by atoms with Crippen molar-refractivity contribution >= 4 is 22.9 Å². The van der Waals surface area contributed by atoms with Gasteiger partial charge < -0.3 is 15.0 Å². The molecule has 0 spiro atoms. The van der Waals surface area contributed by atoms with Crippen LogP contribution in [0.5, 0.6) is 0 Å². The first kappa shape index (κ1) is 11.1. The third kappa shape index (κ3) is 2.07. The van der Waals surface area contributed by atoms with Gasteiger partial charge in [-0.15, -0.1) is 0 Å². The molecule has 0 bridgehead atoms. The van der Waals surface area contributed by atoms with Crippen molar-refractivity contribution in [1.29, 1.82) is 0 Å². The van der Waals surface area contributed by atoms with E-state index < -0.39 is 18.4 Å². The fourth-order valence-corrected chi connectivity index (χ4v) is 1.47. The van der Waals surface area contributed by atoms with E-state index in [-0.39, 0.29) is 5.69 Å². The number of hydrogen-bond acceptors (Lipinski definition) is 4. The van der Waals surface area contributed by atoms with Crippen molar-refractivity contribution in [1.82, 2.24) is 19.9 Å². The molecule has 0 radical (unpaired) electrons. The second kappa shape index (κ2) is 4.20. The van der Waals surface area contributed by atoms with Gasteiger partial charge in [0.1, 0.15) is 12.1 Å². The van der Waals surface area contributed by atoms with Gasteiger partial charge in [-0.2, -0.15) is 0 Å². The molecule has 0 saturated carbocycles. The molecule has 17 heavy (non-hydrogen) atoms. The molecule has 0 aliphatic rings. The zero-order valence-corrected chi connectivity index (χ0v) is 9.04. The quantitative estimate of drug-likeness (QED) is 0.765. The number of amides is 1. The molecule has 0 atom stereocenters. The van der Waals surface area contributed by atoms with Crippen LogP contribution in [-0.4, -0.2) is 38.1 Å². The Morgan fingerprint density at radius 2 is 2.24 bits per heavy atom. The molecule has 2 rings (SSSR count). The van der Waals surface area contributed by atoms with Gasteiger partial charge in [-0.05, 0) is 6.07 Å². The van der Waals surface area contributed by atoms with Gasteiger partial charge in [-0.25, -0.2) is 9.97 Å². The molecule has 0 aliphatic heterocycles. The van der Waals surface area contributed by atoms with Gasteiger partial charge in [0.25, 0.3) is 5.91 Å². The molecule has 0 saturated heterocycles. The molecule has 1 amide bonds. The Morgan fingerprint density at radius 1 is 1.47 bits per heavy atom. The van der Waals surface area contributed by atoms with Crippen molar-refractivity contribution in [3.63, 3.8) is 0 Å². The SMILES string of the molecule is Cn1cnc2c(C(=O)NCC(=O)O)nccc21. The number of hydrogen-bond donors (Lipinski definition) is 2. The minimum Gasteiger partial charge on any atom is -0.480 e. The van der Waals surface area contributed by atoms with Crippen LogP contribution < -0.4 is 5.32 Å². The molecular weight excluding hydrogens is 224 g/mol. The maximum absolute atomic E-state index is 11.7. The second-order valence-electron chi connectivity index (χ2n) is 3.46. The molecule has 88 valence electrons. The van der Waals surface area contributed by atoms with E-state index in [9.17, 15) is 9.59 Å². The summed E-state index contributed by atoms with van der Waals surface area (Å²) in [7, 11) is 1.80. The third-order valence-corrected chi connectivity index (χ3v) is 2.26. The number of aryl methyl sites for hydroxylation is 1. The van der Waals surface area contributed by atoms with Crippen LogP contribution in [0.25, 0.3) is 11.0 Å². The maximum atomic E-state index is 11.7. The Kier molecular flexibility index (Phi) is 2.73. The highest BCUT2D eigenvalue weighted by Crippen LogP contribution is 2.13. The van der Waals surface area contributed by atoms with Crippen molar-refractivity contribution in [2.45, 2.75) is 0 Å². The first-order valence-corrected chi connectivity index (χ1v) is 4.85. The van der Waals surface area contributed by atoms with E-state index in [1.54, 1.807) is 24.0 Å². The largest absolute Gasteiger partial charge is 0.480 e. The molecule has 2 aromatic rings. The normalized spacial score (nSPS) is 10.4. The number of rotatable bonds is 3. The summed E-state index contributed by atoms with van der Waals surface area (Å²) >= 11 is 0. The van der Waals surface area contributed by atoms with E-state index >= 15 is 0 Å². The molecular formula is C10H10N4O3. The van der Waals surface area contributed by atoms with Crippen LogP contribution in [0.3, 0.4) is 0 Å². The topological polar surface area (TPSA) is 97.1 Å². The molecule has 0 aliphatic carbocycles. The summed E-state index contributed by atoms with van der Waals surface area (Å²) in [5.41, 5.74) is 1.35. The van der Waals surface area contributed by atoms with E-state index in [1.165, 1.54) is 6.20 Å². The summed E-state index contributed by atoms with van der Waals surface area (Å²) in [6, 6.07) is 1.73. The van der Waals surface area contributed by atoms with Crippen LogP contribution in [0.1, 0.15) is 10.5 Å². The Morgan fingerprint density at radius 3 is 2.94 bits per heavy atom. The number of nitrogens with one attached hydrogen (secondary N) is 1. The van der Waals surface area contributed by atoms with Crippen LogP contribution in [0.2, 0.25) is 0 Å². The van der Waals surface area contributed by atoms with Crippen LogP contribution in [-0.2, 0) is 11.8 Å². The number of imidazole rings is 1. The van der Waals surface area contributed by atoms with E-state index in [4.69, 9.17) is 5.11 Å². The predicted octanol–water partition coefficient (Wildman–Crippen LogP) is -0.217. The van der Waals surface area contributed by atoms with Gasteiger partial charge in [0, 0.05) is 13.2 Å². The highest BCUT2D eigenvalue weighted by molar-refractivity contribution is 6.03. The number of carbonyl (C=O) groups is 2. The van der Waals surface area contributed by atoms with Crippen LogP contribution >= 0.6 is 0 Å². The van der Waals surface area contributed by atoms with Gasteiger partial charge >= 0.3 is 5.97 Å². The molecule has 2 aromatic heterocycles. The van der Waals surface area contributed by atoms with Crippen LogP contribution in [0.15, 0.2) is 18.6 Å². The molecule has 0 unspecified atom stereocenters. The number of aliphatic carboxylic acids is 1. The van der Waals surface area contributed by atoms with Gasteiger partial charge in [-0.3, -0.25) is 9.59 Å². The van der Waals surface area contributed by atoms with Crippen molar-refractivity contribution in [3.05, 3.63) is 24.3 Å². The lowest BCUT2D eigenvalue weighted by atomic mass is 10.3. The van der Waals surface area contributed by atoms with Crippen molar-refractivity contribution in [2.75, 3.05) is 6.54 Å². The molecule has 2 N–H and O–H groups in total. The first-order valence-electron chi connectivity index (χ1n) is 4.85. The summed E-state index contributed by atoms with van der Waals surface area (Å²) in [6.45, 7) is -0.441. The second-order valence-corrected chi connectivity index (χ2v) is 3.46. The number of nitrogens with zero attached hydrogens (tertiary/aromatic N) is 3. The first-order chi connectivity index (χ1) is 8.09. The lowest BCUT2D eigenvalue weighted by Gasteiger charge is -2.02. The van der Waals surface area contributed by atoms with E-state index in [0.717, 1.165) is 5.52 Å². The van der Waals surface area contributed by atoms with Crippen LogP contribution in [0.4, 0.5) is 0 Å². The summed E-state index contributed by atoms with van der Waals surface area (Å²) in [6.07, 6.45) is 3.06. The molecule has 7 nitrogen and oxygen atoms in total. The number of carbonyl (C=O) groups excluding carboxylic acids is 1. The van der Waals surface area contributed by atoms with Crippen molar-refractivity contribution < 1.29 is 14.7 Å². The minimum atomic E-state index is -1.11. The van der Waals surface area contributed by atoms with Crippen LogP contribution in [0, 0.1) is 0 Å². The van der Waals surface area contributed by atoms with Gasteiger partial charge in [-0.1, -0.05) is 0 Å². The minimum absolute atomic E-state index is 0.129. The predicted molar refractivity (Wildman–Crippen MR) is 58.5 cm³/mol. The Hall–Kier alpha value is -2.44. The van der Waals surface area contributed by atoms with E-state index in [2.05, 4.69) is 15.3 Å². The zero-order chi connectivity index (χ0) is 12.4. The smallest absolute Gasteiger partial charge is 0.322 e. The number of carboxylic acid groups (broad SMARTS) is 1. The Bertz CT molecular complexity index is 590. The number of aromatic nitrogens is 3. The van der Waals surface area contributed by atoms with Crippen molar-refractivity contribution in [2.24, 2.45) is 7.05 Å². The maximum Gasteiger partial charge on any atom is 0.322 e. The lowest BCUT2D eigenvalue weighted by Crippen LogP contribution is -2.30. The van der Waals surface area contributed by atoms with Gasteiger partial charge in [0.2, 0.25) is 0 Å². The average Bonchev–Trinajstić information content (AvgIpc) is 2.68. The number of fused-ring (bicyclic) bond motifs is 1. The van der Waals surface area contributed by atoms with Crippen molar-refractivity contribution in [3.8, 4) is 0 Å². The fraction of sp³-hybridized carbons (Fsp3) is 0.200. The standard InChI is InChI=1S/C10H10N4O3/c1-14-5-13-8-6(14)2-3-11-9(8)10(17)12-4-7(15)16/h2-3,5H,4H2,1H3,(H,12,17)(H,15,16). The third-order valence-electron chi connectivity index (χ3n) is 2.26. The Labute approximate surface area is 96.1 Å². The lowest BCUT2D eigenvalue weighted by molar-refractivity contribution is -0.135. The highest BCUT2D eigenvalue weighted by Gasteiger charge is 2.14. The zero-order valence-electron chi connectivity index (χ0n) is 9.04. The number of carboxylic acids is 1. The average molecular weight is 234 g/mol. The highest BCUT2D eigenvalue weighted by atomic mass is 16.4. The summed E-state index contributed by atoms with van der Waals surface area (Å²) in [4.78, 5) is 30.0. The summed E-state index contributed by atoms with van der Waals surface area (Å²) in [5, 5.41) is 10.7. The van der Waals surface area contributed by atoms with Gasteiger partial charge in [0.15, 0.2) is 5.69 Å². The van der Waals surface area contributed by atoms with E-state index in [1.807, 2.05) is 0 Å². The van der Waals surface area contributed by atoms with E-state index in [0.29, 0.717) is 5.52 Å². The molecule has 7 heteroatoms. The fourth-order valence-electron chi connectivity index (χ4n) is 1.47.